The van der Waals surface area contributed by atoms with Gasteiger partial charge in [-0.25, -0.2) is 13.1 Å². The molecule has 0 fully saturated rings. The van der Waals surface area contributed by atoms with Gasteiger partial charge < -0.3 is 16.4 Å². The van der Waals surface area contributed by atoms with E-state index >= 15 is 0 Å². The van der Waals surface area contributed by atoms with Crippen molar-refractivity contribution in [2.75, 3.05) is 11.9 Å². The van der Waals surface area contributed by atoms with Crippen molar-refractivity contribution >= 4 is 27.5 Å². The summed E-state index contributed by atoms with van der Waals surface area (Å²) < 4.78 is 27.2. The molecule has 1 aromatic rings. The number of carbonyl (C=O) groups excluding carboxylic acids is 2. The normalized spacial score (nSPS) is 13.9. The van der Waals surface area contributed by atoms with Crippen LogP contribution in [0.1, 0.15) is 34.1 Å². The lowest BCUT2D eigenvalue weighted by Gasteiger charge is -2.15. The average molecular weight is 385 g/mol. The van der Waals surface area contributed by atoms with Gasteiger partial charge in [-0.1, -0.05) is 26.8 Å². The van der Waals surface area contributed by atoms with Crippen molar-refractivity contribution in [3.05, 3.63) is 24.3 Å². The first-order valence-electron chi connectivity index (χ1n) is 8.52. The minimum absolute atomic E-state index is 0.0436. The van der Waals surface area contributed by atoms with Crippen molar-refractivity contribution in [2.24, 2.45) is 11.7 Å². The molecule has 146 valence electrons. The van der Waals surface area contributed by atoms with E-state index in [9.17, 15) is 18.0 Å². The molecule has 2 amide bonds. The van der Waals surface area contributed by atoms with Crippen LogP contribution < -0.4 is 21.1 Å². The van der Waals surface area contributed by atoms with Crippen LogP contribution in [-0.4, -0.2) is 38.9 Å². The van der Waals surface area contributed by atoms with Gasteiger partial charge in [-0.2, -0.15) is 0 Å². The van der Waals surface area contributed by atoms with E-state index in [2.05, 4.69) is 15.4 Å². The predicted octanol–water partition coefficient (Wildman–Crippen LogP) is 0.801. The van der Waals surface area contributed by atoms with Crippen LogP contribution >= 0.6 is 0 Å². The van der Waals surface area contributed by atoms with E-state index in [1.54, 1.807) is 13.0 Å². The molecule has 0 bridgehead atoms. The van der Waals surface area contributed by atoms with Gasteiger partial charge in [0.1, 0.15) is 0 Å². The van der Waals surface area contributed by atoms with Crippen molar-refractivity contribution < 1.29 is 18.0 Å². The van der Waals surface area contributed by atoms with Crippen molar-refractivity contribution in [1.29, 1.82) is 0 Å². The summed E-state index contributed by atoms with van der Waals surface area (Å²) in [5.41, 5.74) is 6.02. The number of sulfonamides is 1. The highest BCUT2D eigenvalue weighted by Crippen LogP contribution is 2.16. The molecule has 0 radical (unpaired) electrons. The SMILES string of the molecule is CCC(C)NS(=O)(=O)c1cccc(NC(=O)CNC(=O)[C@@H](N)C(C)C)c1. The Morgan fingerprint density at radius 3 is 2.42 bits per heavy atom. The number of rotatable bonds is 9. The summed E-state index contributed by atoms with van der Waals surface area (Å²) in [6.07, 6.45) is 0.661. The van der Waals surface area contributed by atoms with Crippen LogP contribution in [0.5, 0.6) is 0 Å². The van der Waals surface area contributed by atoms with Crippen LogP contribution in [0.2, 0.25) is 0 Å². The first-order chi connectivity index (χ1) is 12.1. The molecule has 2 atom stereocenters. The van der Waals surface area contributed by atoms with Crippen LogP contribution in [0, 0.1) is 5.92 Å². The highest BCUT2D eigenvalue weighted by atomic mass is 32.2. The van der Waals surface area contributed by atoms with E-state index in [4.69, 9.17) is 5.73 Å². The molecule has 0 saturated heterocycles. The topological polar surface area (TPSA) is 130 Å². The number of hydrogen-bond donors (Lipinski definition) is 4. The molecule has 8 nitrogen and oxygen atoms in total. The van der Waals surface area contributed by atoms with Crippen LogP contribution in [0.25, 0.3) is 0 Å². The number of benzene rings is 1. The van der Waals surface area contributed by atoms with E-state index in [1.807, 2.05) is 20.8 Å². The molecule has 1 unspecified atom stereocenters. The molecule has 1 rings (SSSR count). The summed E-state index contributed by atoms with van der Waals surface area (Å²) in [5, 5.41) is 5.01. The molecule has 0 aliphatic rings. The van der Waals surface area contributed by atoms with Crippen LogP contribution in [0.15, 0.2) is 29.2 Å². The fourth-order valence-corrected chi connectivity index (χ4v) is 3.32. The zero-order chi connectivity index (χ0) is 19.9. The maximum absolute atomic E-state index is 12.3. The van der Waals surface area contributed by atoms with E-state index < -0.39 is 27.9 Å². The second kappa shape index (κ2) is 9.65. The van der Waals surface area contributed by atoms with Crippen molar-refractivity contribution in [3.63, 3.8) is 0 Å². The molecule has 9 heteroatoms. The Morgan fingerprint density at radius 1 is 1.19 bits per heavy atom. The van der Waals surface area contributed by atoms with E-state index in [0.717, 1.165) is 0 Å². The van der Waals surface area contributed by atoms with Crippen LogP contribution in [0.4, 0.5) is 5.69 Å². The zero-order valence-electron chi connectivity index (χ0n) is 15.6. The third-order valence-electron chi connectivity index (χ3n) is 3.84. The first-order valence-corrected chi connectivity index (χ1v) is 10.0. The van der Waals surface area contributed by atoms with E-state index in [1.165, 1.54) is 18.2 Å². The Bertz CT molecular complexity index is 734. The van der Waals surface area contributed by atoms with Gasteiger partial charge in [0.2, 0.25) is 21.8 Å². The van der Waals surface area contributed by atoms with Crippen LogP contribution in [0.3, 0.4) is 0 Å². The Labute approximate surface area is 155 Å². The van der Waals surface area contributed by atoms with Gasteiger partial charge >= 0.3 is 0 Å². The van der Waals surface area contributed by atoms with Crippen molar-refractivity contribution in [3.8, 4) is 0 Å². The molecular weight excluding hydrogens is 356 g/mol. The maximum atomic E-state index is 12.3. The second-order valence-electron chi connectivity index (χ2n) is 6.49. The fourth-order valence-electron chi connectivity index (χ4n) is 1.95. The molecule has 0 aromatic heterocycles. The van der Waals surface area contributed by atoms with Crippen LogP contribution in [-0.2, 0) is 19.6 Å². The lowest BCUT2D eigenvalue weighted by Crippen LogP contribution is -2.46. The quantitative estimate of drug-likeness (QED) is 0.500. The van der Waals surface area contributed by atoms with Gasteiger partial charge in [0.05, 0.1) is 17.5 Å². The Kier molecular flexibility index (Phi) is 8.19. The number of anilines is 1. The maximum Gasteiger partial charge on any atom is 0.243 e. The highest BCUT2D eigenvalue weighted by molar-refractivity contribution is 7.89. The smallest absolute Gasteiger partial charge is 0.243 e. The molecule has 5 N–H and O–H groups in total. The molecule has 0 saturated carbocycles. The van der Waals surface area contributed by atoms with Gasteiger partial charge in [0.15, 0.2) is 0 Å². The number of carbonyl (C=O) groups is 2. The zero-order valence-corrected chi connectivity index (χ0v) is 16.4. The van der Waals surface area contributed by atoms with Gasteiger partial charge in [-0.3, -0.25) is 9.59 Å². The van der Waals surface area contributed by atoms with Crippen molar-refractivity contribution in [2.45, 2.75) is 51.1 Å². The lowest BCUT2D eigenvalue weighted by molar-refractivity contribution is -0.125. The molecular formula is C17H28N4O4S. The summed E-state index contributed by atoms with van der Waals surface area (Å²) in [4.78, 5) is 23.8. The Morgan fingerprint density at radius 2 is 1.85 bits per heavy atom. The largest absolute Gasteiger partial charge is 0.346 e. The third-order valence-corrected chi connectivity index (χ3v) is 5.43. The molecule has 0 spiro atoms. The fraction of sp³-hybridized carbons (Fsp3) is 0.529. The van der Waals surface area contributed by atoms with Gasteiger partial charge in [0, 0.05) is 11.7 Å². The van der Waals surface area contributed by atoms with Gasteiger partial charge in [-0.15, -0.1) is 0 Å². The van der Waals surface area contributed by atoms with Gasteiger partial charge in [0.25, 0.3) is 0 Å². The molecule has 0 aliphatic heterocycles. The number of nitrogens with one attached hydrogen (secondary N) is 3. The standard InChI is InChI=1S/C17H28N4O4S/c1-5-12(4)21-26(24,25)14-8-6-7-13(9-14)20-15(22)10-19-17(23)16(18)11(2)3/h6-9,11-12,16,21H,5,10,18H2,1-4H3,(H,19,23)(H,20,22)/t12?,16-/m0/s1. The summed E-state index contributed by atoms with van der Waals surface area (Å²) in [5.74, 6) is -0.930. The average Bonchev–Trinajstić information content (AvgIpc) is 2.58. The summed E-state index contributed by atoms with van der Waals surface area (Å²) >= 11 is 0. The van der Waals surface area contributed by atoms with E-state index in [-0.39, 0.29) is 23.4 Å². The minimum Gasteiger partial charge on any atom is -0.346 e. The molecule has 0 aliphatic carbocycles. The summed E-state index contributed by atoms with van der Waals surface area (Å²) in [6, 6.07) is 5.03. The molecule has 26 heavy (non-hydrogen) atoms. The first kappa shape index (κ1) is 22.1. The molecule has 1 aromatic carbocycles. The summed E-state index contributed by atoms with van der Waals surface area (Å²) in [7, 11) is -3.66. The summed E-state index contributed by atoms with van der Waals surface area (Å²) in [6.45, 7) is 7.02. The highest BCUT2D eigenvalue weighted by Gasteiger charge is 2.19. The third kappa shape index (κ3) is 6.74. The number of hydrogen-bond acceptors (Lipinski definition) is 5. The van der Waals surface area contributed by atoms with Crippen molar-refractivity contribution in [1.82, 2.24) is 10.0 Å². The number of amides is 2. The molecule has 0 heterocycles. The minimum atomic E-state index is -3.66. The monoisotopic (exact) mass is 384 g/mol. The Balaban J connectivity index is 2.71. The number of nitrogens with two attached hydrogens (primary N) is 1. The predicted molar refractivity (Wildman–Crippen MR) is 101 cm³/mol. The Hall–Kier alpha value is -1.97. The van der Waals surface area contributed by atoms with E-state index in [0.29, 0.717) is 12.1 Å². The lowest BCUT2D eigenvalue weighted by atomic mass is 10.1. The van der Waals surface area contributed by atoms with Gasteiger partial charge in [-0.05, 0) is 37.5 Å². The second-order valence-corrected chi connectivity index (χ2v) is 8.21.